The molecule has 0 fully saturated rings. The molecule has 0 radical (unpaired) electrons. The first kappa shape index (κ1) is 23.2. The molecule has 166 valence electrons. The molecule has 0 aliphatic heterocycles. The number of methoxy groups -OCH3 is 1. The average Bonchev–Trinajstić information content (AvgIpc) is 2.81. The number of benzene rings is 3. The fourth-order valence-electron chi connectivity index (χ4n) is 2.98. The van der Waals surface area contributed by atoms with Crippen LogP contribution in [0.25, 0.3) is 0 Å². The van der Waals surface area contributed by atoms with Crippen molar-refractivity contribution in [3.8, 4) is 11.5 Å². The fourth-order valence-corrected chi connectivity index (χ4v) is 3.10. The Morgan fingerprint density at radius 2 is 1.50 bits per heavy atom. The number of rotatable bonds is 8. The van der Waals surface area contributed by atoms with Gasteiger partial charge in [-0.25, -0.2) is 0 Å². The molecule has 0 unspecified atom stereocenters. The Hall–Kier alpha value is -3.51. The highest BCUT2D eigenvalue weighted by atomic mass is 35.5. The maximum Gasteiger partial charge on any atom is 0.253 e. The molecule has 0 aromatic heterocycles. The van der Waals surface area contributed by atoms with Crippen molar-refractivity contribution in [3.63, 3.8) is 0 Å². The van der Waals surface area contributed by atoms with Gasteiger partial charge in [0.25, 0.3) is 11.8 Å². The lowest BCUT2D eigenvalue weighted by Crippen LogP contribution is -2.23. The fraction of sp³-hybridized carbons (Fsp3) is 0.200. The molecule has 6 nitrogen and oxygen atoms in total. The van der Waals surface area contributed by atoms with Gasteiger partial charge in [0.05, 0.1) is 7.11 Å². The summed E-state index contributed by atoms with van der Waals surface area (Å²) in [6.45, 7) is 0.692. The largest absolute Gasteiger partial charge is 0.493 e. The van der Waals surface area contributed by atoms with Crippen molar-refractivity contribution in [2.75, 3.05) is 21.2 Å². The lowest BCUT2D eigenvalue weighted by Gasteiger charge is -2.13. The Balaban J connectivity index is 1.60. The number of nitrogens with zero attached hydrogens (tertiary/aromatic N) is 1. The van der Waals surface area contributed by atoms with Gasteiger partial charge in [0.1, 0.15) is 6.61 Å². The molecular weight excluding hydrogens is 428 g/mol. The molecule has 0 spiro atoms. The Bertz CT molecular complexity index is 1080. The molecule has 0 saturated carbocycles. The van der Waals surface area contributed by atoms with E-state index >= 15 is 0 Å². The Kier molecular flexibility index (Phi) is 7.73. The van der Waals surface area contributed by atoms with Crippen LogP contribution in [0.15, 0.2) is 66.7 Å². The third-order valence-electron chi connectivity index (χ3n) is 4.79. The van der Waals surface area contributed by atoms with E-state index in [2.05, 4.69) is 5.32 Å². The molecular formula is C25H25ClN2O4. The van der Waals surface area contributed by atoms with Crippen LogP contribution in [-0.4, -0.2) is 37.9 Å². The van der Waals surface area contributed by atoms with Gasteiger partial charge in [-0.05, 0) is 53.6 Å². The summed E-state index contributed by atoms with van der Waals surface area (Å²) in [5, 5.41) is 3.54. The van der Waals surface area contributed by atoms with E-state index in [9.17, 15) is 9.59 Å². The van der Waals surface area contributed by atoms with Crippen LogP contribution < -0.4 is 14.8 Å². The molecule has 2 amide bonds. The third-order valence-corrected chi connectivity index (χ3v) is 5.05. The Morgan fingerprint density at radius 1 is 0.875 bits per heavy atom. The first-order valence-corrected chi connectivity index (χ1v) is 10.4. The summed E-state index contributed by atoms with van der Waals surface area (Å²) < 4.78 is 11.2. The van der Waals surface area contributed by atoms with E-state index in [4.69, 9.17) is 21.1 Å². The van der Waals surface area contributed by atoms with Gasteiger partial charge >= 0.3 is 0 Å². The van der Waals surface area contributed by atoms with E-state index in [0.29, 0.717) is 40.8 Å². The molecule has 32 heavy (non-hydrogen) atoms. The second-order valence-electron chi connectivity index (χ2n) is 7.36. The van der Waals surface area contributed by atoms with E-state index in [1.54, 1.807) is 56.6 Å². The molecule has 7 heteroatoms. The Labute approximate surface area is 192 Å². The quantitative estimate of drug-likeness (QED) is 0.544. The highest BCUT2D eigenvalue weighted by Crippen LogP contribution is 2.29. The predicted molar refractivity (Wildman–Crippen MR) is 124 cm³/mol. The minimum atomic E-state index is -0.235. The summed E-state index contributed by atoms with van der Waals surface area (Å²) in [6.07, 6.45) is 0. The molecule has 3 aromatic rings. The molecule has 3 aromatic carbocycles. The highest BCUT2D eigenvalue weighted by Gasteiger charge is 2.12. The summed E-state index contributed by atoms with van der Waals surface area (Å²) in [5.41, 5.74) is 2.92. The van der Waals surface area contributed by atoms with E-state index in [1.165, 1.54) is 12.0 Å². The first-order valence-electron chi connectivity index (χ1n) is 10.0. The second-order valence-corrected chi connectivity index (χ2v) is 7.80. The molecule has 0 heterocycles. The van der Waals surface area contributed by atoms with Crippen molar-refractivity contribution in [2.45, 2.75) is 13.2 Å². The van der Waals surface area contributed by atoms with Gasteiger partial charge in [0, 0.05) is 36.8 Å². The monoisotopic (exact) mass is 452 g/mol. The van der Waals surface area contributed by atoms with E-state index in [1.807, 2.05) is 24.3 Å². The number of hydrogen-bond acceptors (Lipinski definition) is 4. The zero-order chi connectivity index (χ0) is 23.1. The van der Waals surface area contributed by atoms with Gasteiger partial charge in [-0.15, -0.1) is 0 Å². The van der Waals surface area contributed by atoms with Crippen molar-refractivity contribution < 1.29 is 19.1 Å². The van der Waals surface area contributed by atoms with Gasteiger partial charge in [-0.3, -0.25) is 9.59 Å². The highest BCUT2D eigenvalue weighted by molar-refractivity contribution is 6.30. The molecule has 0 aliphatic rings. The van der Waals surface area contributed by atoms with Crippen molar-refractivity contribution in [1.82, 2.24) is 10.2 Å². The third kappa shape index (κ3) is 6.02. The molecule has 0 bridgehead atoms. The lowest BCUT2D eigenvalue weighted by atomic mass is 10.1. The van der Waals surface area contributed by atoms with Crippen LogP contribution in [0.2, 0.25) is 5.02 Å². The van der Waals surface area contributed by atoms with Crippen LogP contribution in [0.5, 0.6) is 11.5 Å². The zero-order valence-corrected chi connectivity index (χ0v) is 19.0. The topological polar surface area (TPSA) is 67.9 Å². The van der Waals surface area contributed by atoms with E-state index in [-0.39, 0.29) is 11.8 Å². The minimum absolute atomic E-state index is 0.0638. The molecule has 0 atom stereocenters. The molecule has 0 aliphatic carbocycles. The number of hydrogen-bond donors (Lipinski definition) is 1. The maximum atomic E-state index is 12.6. The van der Waals surface area contributed by atoms with Crippen LogP contribution in [0, 0.1) is 0 Å². The summed E-state index contributed by atoms with van der Waals surface area (Å²) in [5.74, 6) is 0.713. The normalized spacial score (nSPS) is 10.4. The van der Waals surface area contributed by atoms with Crippen LogP contribution in [0.3, 0.4) is 0 Å². The smallest absolute Gasteiger partial charge is 0.253 e. The van der Waals surface area contributed by atoms with Gasteiger partial charge in [0.15, 0.2) is 11.5 Å². The lowest BCUT2D eigenvalue weighted by molar-refractivity contribution is 0.0827. The summed E-state index contributed by atoms with van der Waals surface area (Å²) in [7, 11) is 4.94. The number of carbonyl (C=O) groups excluding carboxylic acids is 2. The van der Waals surface area contributed by atoms with Crippen LogP contribution in [0.1, 0.15) is 31.8 Å². The number of halogens is 1. The van der Waals surface area contributed by atoms with Crippen molar-refractivity contribution in [3.05, 3.63) is 94.0 Å². The molecule has 0 saturated heterocycles. The van der Waals surface area contributed by atoms with Gasteiger partial charge < -0.3 is 19.7 Å². The average molecular weight is 453 g/mol. The number of amides is 2. The van der Waals surface area contributed by atoms with Crippen molar-refractivity contribution in [2.24, 2.45) is 0 Å². The van der Waals surface area contributed by atoms with E-state index in [0.717, 1.165) is 11.1 Å². The molecule has 1 N–H and O–H groups in total. The predicted octanol–water partition coefficient (Wildman–Crippen LogP) is 4.56. The number of ether oxygens (including phenoxy) is 2. The van der Waals surface area contributed by atoms with Crippen molar-refractivity contribution >= 4 is 23.4 Å². The SMILES string of the molecule is COc1cc(C(=O)NCc2ccc(C(=O)N(C)C)cc2)ccc1OCc1ccc(Cl)cc1. The van der Waals surface area contributed by atoms with Gasteiger partial charge in [-0.2, -0.15) is 0 Å². The van der Waals surface area contributed by atoms with Gasteiger partial charge in [-0.1, -0.05) is 35.9 Å². The minimum Gasteiger partial charge on any atom is -0.493 e. The van der Waals surface area contributed by atoms with Crippen molar-refractivity contribution in [1.29, 1.82) is 0 Å². The molecule has 3 rings (SSSR count). The van der Waals surface area contributed by atoms with Crippen LogP contribution in [0.4, 0.5) is 0 Å². The van der Waals surface area contributed by atoms with E-state index < -0.39 is 0 Å². The zero-order valence-electron chi connectivity index (χ0n) is 18.2. The summed E-state index contributed by atoms with van der Waals surface area (Å²) >= 11 is 5.91. The van der Waals surface area contributed by atoms with Crippen LogP contribution in [-0.2, 0) is 13.2 Å². The number of nitrogens with one attached hydrogen (secondary N) is 1. The first-order chi connectivity index (χ1) is 15.4. The maximum absolute atomic E-state index is 12.6. The summed E-state index contributed by atoms with van der Waals surface area (Å²) in [4.78, 5) is 26.1. The standard InChI is InChI=1S/C25H25ClN2O4/c1-28(2)25(30)19-8-4-17(5-9-19)15-27-24(29)20-10-13-22(23(14-20)31-3)32-16-18-6-11-21(26)12-7-18/h4-14H,15-16H2,1-3H3,(H,27,29). The van der Waals surface area contributed by atoms with Crippen LogP contribution >= 0.6 is 11.6 Å². The summed E-state index contributed by atoms with van der Waals surface area (Å²) in [6, 6.07) is 19.6. The van der Waals surface area contributed by atoms with Gasteiger partial charge in [0.2, 0.25) is 0 Å². The Morgan fingerprint density at radius 3 is 2.12 bits per heavy atom. The second kappa shape index (κ2) is 10.7. The number of carbonyl (C=O) groups is 2.